The van der Waals surface area contributed by atoms with Crippen molar-refractivity contribution in [2.75, 3.05) is 0 Å². The van der Waals surface area contributed by atoms with Crippen molar-refractivity contribution in [1.29, 1.82) is 0 Å². The van der Waals surface area contributed by atoms with Gasteiger partial charge in [0, 0.05) is 18.3 Å². The third-order valence-electron chi connectivity index (χ3n) is 12.4. The number of cyclic esters (lactones) is 1. The molecule has 4 aliphatic carbocycles. The quantitative estimate of drug-likeness (QED) is 0.439. The van der Waals surface area contributed by atoms with Gasteiger partial charge in [-0.25, -0.2) is 0 Å². The van der Waals surface area contributed by atoms with Gasteiger partial charge in [-0.05, 0) is 106 Å². The second-order valence-corrected chi connectivity index (χ2v) is 14.6. The van der Waals surface area contributed by atoms with Gasteiger partial charge in [-0.15, -0.1) is 0 Å². The molecule has 0 aromatic carbocycles. The molecule has 5 rings (SSSR count). The average molecular weight is 485 g/mol. The van der Waals surface area contributed by atoms with Crippen LogP contribution in [0.15, 0.2) is 11.6 Å². The van der Waals surface area contributed by atoms with Crippen LogP contribution < -0.4 is 0 Å². The fourth-order valence-electron chi connectivity index (χ4n) is 10.0. The molecule has 0 radical (unpaired) electrons. The van der Waals surface area contributed by atoms with Crippen LogP contribution in [0.4, 0.5) is 0 Å². The predicted molar refractivity (Wildman–Crippen MR) is 133 cm³/mol. The number of hydrogen-bond acceptors (Lipinski definition) is 4. The minimum Gasteiger partial charge on any atom is -0.481 e. The Bertz CT molecular complexity index is 1030. The maximum absolute atomic E-state index is 14.3. The normalized spacial score (nSPS) is 50.9. The number of esters is 1. The van der Waals surface area contributed by atoms with Crippen LogP contribution in [0.5, 0.6) is 0 Å². The van der Waals surface area contributed by atoms with E-state index in [0.717, 1.165) is 32.1 Å². The molecular weight excluding hydrogens is 440 g/mol. The maximum atomic E-state index is 14.3. The summed E-state index contributed by atoms with van der Waals surface area (Å²) < 4.78 is 5.92. The lowest BCUT2D eigenvalue weighted by Gasteiger charge is -2.68. The standard InChI is InChI=1S/C30H44O5/c1-25(2)21-8-11-30(7)23(28(21,5)10-9-22(32)35-25)20(31)16-18-19-17-27(4,24(33)34)13-12-26(19,3)14-15-29(18,30)6/h16,19,21,23H,8-15,17H2,1-7H3,(H,33,34)/t19-,21-,23+,26+,27-,28-,29+,30+/m0/s1. The predicted octanol–water partition coefficient (Wildman–Crippen LogP) is 6.35. The summed E-state index contributed by atoms with van der Waals surface area (Å²) in [5, 5.41) is 10.1. The summed E-state index contributed by atoms with van der Waals surface area (Å²) in [6.45, 7) is 15.2. The van der Waals surface area contributed by atoms with Gasteiger partial charge in [-0.3, -0.25) is 14.4 Å². The first kappa shape index (κ1) is 25.0. The van der Waals surface area contributed by atoms with Gasteiger partial charge >= 0.3 is 11.9 Å². The van der Waals surface area contributed by atoms with Crippen molar-refractivity contribution in [3.63, 3.8) is 0 Å². The summed E-state index contributed by atoms with van der Waals surface area (Å²) in [5.74, 6) is -0.558. The van der Waals surface area contributed by atoms with E-state index in [1.165, 1.54) is 5.57 Å². The van der Waals surface area contributed by atoms with Crippen LogP contribution in [0, 0.1) is 44.8 Å². The van der Waals surface area contributed by atoms with Gasteiger partial charge in [0.2, 0.25) is 0 Å². The molecule has 5 nitrogen and oxygen atoms in total. The van der Waals surface area contributed by atoms with Gasteiger partial charge in [0.05, 0.1) is 5.41 Å². The van der Waals surface area contributed by atoms with Crippen molar-refractivity contribution in [3.8, 4) is 0 Å². The summed E-state index contributed by atoms with van der Waals surface area (Å²) >= 11 is 0. The van der Waals surface area contributed by atoms with Crippen molar-refractivity contribution in [2.24, 2.45) is 44.8 Å². The lowest BCUT2D eigenvalue weighted by Crippen LogP contribution is -2.65. The number of ether oxygens (including phenoxy) is 1. The molecule has 0 aromatic rings. The highest BCUT2D eigenvalue weighted by molar-refractivity contribution is 5.96. The van der Waals surface area contributed by atoms with Crippen molar-refractivity contribution in [1.82, 2.24) is 0 Å². The Balaban J connectivity index is 1.63. The number of aliphatic carboxylic acids is 1. The van der Waals surface area contributed by atoms with E-state index in [9.17, 15) is 19.5 Å². The number of carbonyl (C=O) groups excluding carboxylic acids is 2. The van der Waals surface area contributed by atoms with Crippen LogP contribution >= 0.6 is 0 Å². The summed E-state index contributed by atoms with van der Waals surface area (Å²) in [7, 11) is 0. The molecule has 4 fully saturated rings. The van der Waals surface area contributed by atoms with E-state index in [1.54, 1.807) is 0 Å². The van der Waals surface area contributed by atoms with Crippen molar-refractivity contribution >= 4 is 17.7 Å². The van der Waals surface area contributed by atoms with Crippen molar-refractivity contribution < 1.29 is 24.2 Å². The lowest BCUT2D eigenvalue weighted by atomic mass is 9.35. The van der Waals surface area contributed by atoms with Crippen LogP contribution in [0.2, 0.25) is 0 Å². The molecule has 1 N–H and O–H groups in total. The fraction of sp³-hybridized carbons (Fsp3) is 0.833. The molecule has 194 valence electrons. The Morgan fingerprint density at radius 1 is 0.943 bits per heavy atom. The Labute approximate surface area is 210 Å². The van der Waals surface area contributed by atoms with Crippen LogP contribution in [-0.2, 0) is 19.1 Å². The van der Waals surface area contributed by atoms with Crippen LogP contribution in [0.25, 0.3) is 0 Å². The van der Waals surface area contributed by atoms with Gasteiger partial charge in [-0.2, -0.15) is 0 Å². The molecule has 1 saturated heterocycles. The molecule has 0 bridgehead atoms. The van der Waals surface area contributed by atoms with Crippen LogP contribution in [-0.4, -0.2) is 28.4 Å². The number of carboxylic acid groups (broad SMARTS) is 1. The van der Waals surface area contributed by atoms with Crippen molar-refractivity contribution in [2.45, 2.75) is 112 Å². The number of carbonyl (C=O) groups is 3. The number of rotatable bonds is 1. The molecule has 0 aromatic heterocycles. The number of hydrogen-bond donors (Lipinski definition) is 1. The molecule has 0 amide bonds. The molecule has 5 aliphatic rings. The van der Waals surface area contributed by atoms with Gasteiger partial charge in [0.1, 0.15) is 5.60 Å². The van der Waals surface area contributed by atoms with Gasteiger partial charge in [-0.1, -0.05) is 33.3 Å². The molecular formula is C30H44O5. The molecule has 5 heteroatoms. The van der Waals surface area contributed by atoms with E-state index >= 15 is 0 Å². The number of allylic oxidation sites excluding steroid dienone is 2. The zero-order valence-corrected chi connectivity index (χ0v) is 22.8. The van der Waals surface area contributed by atoms with E-state index in [4.69, 9.17) is 4.74 Å². The molecule has 1 heterocycles. The zero-order valence-electron chi connectivity index (χ0n) is 22.8. The second kappa shape index (κ2) is 7.22. The Morgan fingerprint density at radius 2 is 1.60 bits per heavy atom. The summed E-state index contributed by atoms with van der Waals surface area (Å²) in [6.07, 6.45) is 9.21. The minimum atomic E-state index is -0.739. The van der Waals surface area contributed by atoms with E-state index in [2.05, 4.69) is 27.7 Å². The Kier molecular flexibility index (Phi) is 5.16. The highest BCUT2D eigenvalue weighted by Crippen LogP contribution is 2.74. The first-order chi connectivity index (χ1) is 16.0. The first-order valence-electron chi connectivity index (χ1n) is 13.7. The highest BCUT2D eigenvalue weighted by atomic mass is 16.6. The molecule has 3 saturated carbocycles. The third kappa shape index (κ3) is 3.14. The smallest absolute Gasteiger partial charge is 0.309 e. The number of fused-ring (bicyclic) bond motifs is 7. The SMILES string of the molecule is CC1(C)OC(=O)CC[C@]2(C)[C@H]3C(=O)C=C4[C@@H]5C[C@@](C)(C(=O)O)CC[C@]5(C)CC[C@@]4(C)[C@]3(C)CC[C@@H]12. The number of ketones is 1. The van der Waals surface area contributed by atoms with Gasteiger partial charge in [0.25, 0.3) is 0 Å². The molecule has 35 heavy (non-hydrogen) atoms. The summed E-state index contributed by atoms with van der Waals surface area (Å²) in [6, 6.07) is 0. The fourth-order valence-corrected chi connectivity index (χ4v) is 10.0. The monoisotopic (exact) mass is 484 g/mol. The van der Waals surface area contributed by atoms with Crippen molar-refractivity contribution in [3.05, 3.63) is 11.6 Å². The molecule has 8 atom stereocenters. The largest absolute Gasteiger partial charge is 0.481 e. The van der Waals surface area contributed by atoms with E-state index in [-0.39, 0.29) is 51.2 Å². The van der Waals surface area contributed by atoms with E-state index in [0.29, 0.717) is 25.7 Å². The zero-order chi connectivity index (χ0) is 25.8. The van der Waals surface area contributed by atoms with E-state index < -0.39 is 17.0 Å². The Hall–Kier alpha value is -1.65. The van der Waals surface area contributed by atoms with Gasteiger partial charge in [0.15, 0.2) is 5.78 Å². The van der Waals surface area contributed by atoms with E-state index in [1.807, 2.05) is 26.8 Å². The topological polar surface area (TPSA) is 80.7 Å². The van der Waals surface area contributed by atoms with Gasteiger partial charge < -0.3 is 9.84 Å². The first-order valence-corrected chi connectivity index (χ1v) is 13.7. The molecule has 0 unspecified atom stereocenters. The summed E-state index contributed by atoms with van der Waals surface area (Å²) in [5.41, 5.74) is -0.736. The Morgan fingerprint density at radius 3 is 2.26 bits per heavy atom. The maximum Gasteiger partial charge on any atom is 0.309 e. The second-order valence-electron chi connectivity index (χ2n) is 14.6. The lowest BCUT2D eigenvalue weighted by molar-refractivity contribution is -0.188. The average Bonchev–Trinajstić information content (AvgIpc) is 2.83. The highest BCUT2D eigenvalue weighted by Gasteiger charge is 2.69. The van der Waals surface area contributed by atoms with Crippen LogP contribution in [0.3, 0.4) is 0 Å². The molecule has 1 aliphatic heterocycles. The number of carboxylic acids is 1. The minimum absolute atomic E-state index is 0.0510. The van der Waals surface area contributed by atoms with Crippen LogP contribution in [0.1, 0.15) is 106 Å². The molecule has 0 spiro atoms. The third-order valence-corrected chi connectivity index (χ3v) is 12.4. The summed E-state index contributed by atoms with van der Waals surface area (Å²) in [4.78, 5) is 39.0.